The van der Waals surface area contributed by atoms with Crippen molar-refractivity contribution in [2.24, 2.45) is 0 Å². The van der Waals surface area contributed by atoms with Gasteiger partial charge in [0.05, 0.1) is 19.0 Å². The SMILES string of the molecule is COc1cc(Cl)c(C)cc1Nc1cnnc(Nc2ccc(Cl)cc2C)n1. The first-order valence-corrected chi connectivity index (χ1v) is 8.56. The molecule has 1 aromatic heterocycles. The van der Waals surface area contributed by atoms with Crippen molar-refractivity contribution in [2.75, 3.05) is 17.7 Å². The van der Waals surface area contributed by atoms with Gasteiger partial charge in [-0.05, 0) is 49.2 Å². The van der Waals surface area contributed by atoms with Crippen LogP contribution in [0.25, 0.3) is 0 Å². The molecule has 0 bridgehead atoms. The molecule has 134 valence electrons. The summed E-state index contributed by atoms with van der Waals surface area (Å²) in [5.41, 5.74) is 3.50. The number of rotatable bonds is 5. The number of halogens is 2. The molecule has 0 atom stereocenters. The molecule has 1 heterocycles. The van der Waals surface area contributed by atoms with Gasteiger partial charge in [-0.1, -0.05) is 23.2 Å². The maximum atomic E-state index is 6.14. The maximum Gasteiger partial charge on any atom is 0.249 e. The molecule has 0 fully saturated rings. The van der Waals surface area contributed by atoms with E-state index in [1.54, 1.807) is 19.2 Å². The first-order chi connectivity index (χ1) is 12.5. The zero-order valence-electron chi connectivity index (χ0n) is 14.5. The van der Waals surface area contributed by atoms with Gasteiger partial charge < -0.3 is 15.4 Å². The van der Waals surface area contributed by atoms with Crippen molar-refractivity contribution in [3.63, 3.8) is 0 Å². The highest BCUT2D eigenvalue weighted by Gasteiger charge is 2.10. The summed E-state index contributed by atoms with van der Waals surface area (Å²) in [6.07, 6.45) is 1.53. The normalized spacial score (nSPS) is 10.5. The molecule has 6 nitrogen and oxygen atoms in total. The fraction of sp³-hybridized carbons (Fsp3) is 0.167. The quantitative estimate of drug-likeness (QED) is 0.617. The Morgan fingerprint density at radius 2 is 1.77 bits per heavy atom. The summed E-state index contributed by atoms with van der Waals surface area (Å²) < 4.78 is 5.37. The molecule has 0 aliphatic carbocycles. The Morgan fingerprint density at radius 1 is 0.962 bits per heavy atom. The highest BCUT2D eigenvalue weighted by atomic mass is 35.5. The van der Waals surface area contributed by atoms with E-state index in [1.165, 1.54) is 6.20 Å². The Balaban J connectivity index is 1.85. The summed E-state index contributed by atoms with van der Waals surface area (Å²) >= 11 is 12.1. The molecule has 3 rings (SSSR count). The monoisotopic (exact) mass is 389 g/mol. The van der Waals surface area contributed by atoms with Crippen LogP contribution in [-0.4, -0.2) is 22.3 Å². The second-order valence-electron chi connectivity index (χ2n) is 5.68. The van der Waals surface area contributed by atoms with Gasteiger partial charge in [-0.2, -0.15) is 10.1 Å². The van der Waals surface area contributed by atoms with Crippen LogP contribution < -0.4 is 15.4 Å². The van der Waals surface area contributed by atoms with E-state index < -0.39 is 0 Å². The molecular formula is C18H17Cl2N5O. The van der Waals surface area contributed by atoms with Gasteiger partial charge in [-0.15, -0.1) is 5.10 Å². The van der Waals surface area contributed by atoms with Gasteiger partial charge in [0.25, 0.3) is 0 Å². The lowest BCUT2D eigenvalue weighted by atomic mass is 10.2. The van der Waals surface area contributed by atoms with Gasteiger partial charge in [0.1, 0.15) is 5.75 Å². The number of nitrogens with zero attached hydrogens (tertiary/aromatic N) is 3. The van der Waals surface area contributed by atoms with E-state index >= 15 is 0 Å². The minimum absolute atomic E-state index is 0.366. The van der Waals surface area contributed by atoms with Crippen LogP contribution in [0.1, 0.15) is 11.1 Å². The lowest BCUT2D eigenvalue weighted by Gasteiger charge is -2.13. The van der Waals surface area contributed by atoms with Crippen molar-refractivity contribution in [3.8, 4) is 5.75 Å². The molecule has 8 heteroatoms. The summed E-state index contributed by atoms with van der Waals surface area (Å²) in [5, 5.41) is 15.6. The highest BCUT2D eigenvalue weighted by molar-refractivity contribution is 6.31. The molecule has 26 heavy (non-hydrogen) atoms. The van der Waals surface area contributed by atoms with E-state index in [2.05, 4.69) is 25.8 Å². The molecule has 0 aliphatic heterocycles. The Kier molecular flexibility index (Phi) is 5.44. The third kappa shape index (κ3) is 4.15. The fourth-order valence-corrected chi connectivity index (χ4v) is 2.75. The van der Waals surface area contributed by atoms with Crippen molar-refractivity contribution in [3.05, 3.63) is 57.7 Å². The van der Waals surface area contributed by atoms with Crippen molar-refractivity contribution in [2.45, 2.75) is 13.8 Å². The van der Waals surface area contributed by atoms with Crippen LogP contribution in [0.15, 0.2) is 36.5 Å². The second kappa shape index (κ2) is 7.76. The Morgan fingerprint density at radius 3 is 2.50 bits per heavy atom. The van der Waals surface area contributed by atoms with Gasteiger partial charge in [0.15, 0.2) is 5.82 Å². The number of methoxy groups -OCH3 is 1. The number of aromatic nitrogens is 3. The van der Waals surface area contributed by atoms with Gasteiger partial charge in [0, 0.05) is 21.8 Å². The smallest absolute Gasteiger partial charge is 0.249 e. The summed E-state index contributed by atoms with van der Waals surface area (Å²) in [7, 11) is 1.58. The molecule has 2 N–H and O–H groups in total. The van der Waals surface area contributed by atoms with Crippen LogP contribution in [0.3, 0.4) is 0 Å². The number of hydrogen-bond acceptors (Lipinski definition) is 6. The predicted octanol–water partition coefficient (Wildman–Crippen LogP) is 5.29. The van der Waals surface area contributed by atoms with Crippen LogP contribution in [0.4, 0.5) is 23.1 Å². The Bertz CT molecular complexity index is 949. The van der Waals surface area contributed by atoms with Crippen LogP contribution >= 0.6 is 23.2 Å². The number of hydrogen-bond donors (Lipinski definition) is 2. The molecule has 0 unspecified atom stereocenters. The van der Waals surface area contributed by atoms with Gasteiger partial charge >= 0.3 is 0 Å². The second-order valence-corrected chi connectivity index (χ2v) is 6.52. The Labute approximate surface area is 161 Å². The number of ether oxygens (including phenoxy) is 1. The summed E-state index contributed by atoms with van der Waals surface area (Å²) in [5.74, 6) is 1.50. The van der Waals surface area contributed by atoms with Gasteiger partial charge in [-0.25, -0.2) is 0 Å². The third-order valence-corrected chi connectivity index (χ3v) is 4.38. The van der Waals surface area contributed by atoms with Crippen LogP contribution in [0, 0.1) is 13.8 Å². The largest absolute Gasteiger partial charge is 0.495 e. The average Bonchev–Trinajstić information content (AvgIpc) is 2.61. The minimum Gasteiger partial charge on any atom is -0.495 e. The van der Waals surface area contributed by atoms with Crippen molar-refractivity contribution >= 4 is 46.3 Å². The number of anilines is 4. The molecule has 0 spiro atoms. The van der Waals surface area contributed by atoms with Crippen LogP contribution in [0.2, 0.25) is 10.0 Å². The number of benzene rings is 2. The van der Waals surface area contributed by atoms with Gasteiger partial charge in [0.2, 0.25) is 5.95 Å². The zero-order valence-corrected chi connectivity index (χ0v) is 16.0. The highest BCUT2D eigenvalue weighted by Crippen LogP contribution is 2.32. The molecule has 0 saturated heterocycles. The molecule has 2 aromatic carbocycles. The van der Waals surface area contributed by atoms with E-state index in [4.69, 9.17) is 27.9 Å². The first-order valence-electron chi connectivity index (χ1n) is 7.80. The van der Waals surface area contributed by atoms with E-state index in [0.717, 1.165) is 22.5 Å². The average molecular weight is 390 g/mol. The standard InChI is InChI=1S/C18H17Cl2N5O/c1-10-7-15(16(26-3)8-13(10)20)22-17-9-21-25-18(24-17)23-14-5-4-12(19)6-11(14)2/h4-9H,1-3H3,(H2,22,23,24,25). The lowest BCUT2D eigenvalue weighted by molar-refractivity contribution is 0.416. The molecule has 0 aliphatic rings. The van der Waals surface area contributed by atoms with Crippen LogP contribution in [-0.2, 0) is 0 Å². The number of aryl methyl sites for hydroxylation is 2. The summed E-state index contributed by atoms with van der Waals surface area (Å²) in [6, 6.07) is 9.17. The summed E-state index contributed by atoms with van der Waals surface area (Å²) in [6.45, 7) is 3.87. The molecule has 0 saturated carbocycles. The first kappa shape index (κ1) is 18.2. The molecule has 0 radical (unpaired) electrons. The van der Waals surface area contributed by atoms with E-state index in [9.17, 15) is 0 Å². The zero-order chi connectivity index (χ0) is 18.7. The molecule has 0 amide bonds. The topological polar surface area (TPSA) is 72.0 Å². The van der Waals surface area contributed by atoms with E-state index in [0.29, 0.717) is 27.6 Å². The number of nitrogens with one attached hydrogen (secondary N) is 2. The minimum atomic E-state index is 0.366. The van der Waals surface area contributed by atoms with E-state index in [1.807, 2.05) is 32.0 Å². The van der Waals surface area contributed by atoms with Crippen molar-refractivity contribution in [1.82, 2.24) is 15.2 Å². The maximum absolute atomic E-state index is 6.14. The molecular weight excluding hydrogens is 373 g/mol. The van der Waals surface area contributed by atoms with Crippen molar-refractivity contribution in [1.29, 1.82) is 0 Å². The fourth-order valence-electron chi connectivity index (χ4n) is 2.37. The van der Waals surface area contributed by atoms with Crippen molar-refractivity contribution < 1.29 is 4.74 Å². The van der Waals surface area contributed by atoms with Gasteiger partial charge in [-0.3, -0.25) is 0 Å². The van der Waals surface area contributed by atoms with E-state index in [-0.39, 0.29) is 0 Å². The Hall–Kier alpha value is -2.57. The van der Waals surface area contributed by atoms with Crippen LogP contribution in [0.5, 0.6) is 5.75 Å². The predicted molar refractivity (Wildman–Crippen MR) is 105 cm³/mol. The summed E-state index contributed by atoms with van der Waals surface area (Å²) in [4.78, 5) is 4.44. The molecule has 3 aromatic rings. The lowest BCUT2D eigenvalue weighted by Crippen LogP contribution is -2.04. The third-order valence-electron chi connectivity index (χ3n) is 3.74.